The first-order chi connectivity index (χ1) is 18.4. The number of carboxylic acids is 1. The molecule has 6 rings (SSSR count). The third kappa shape index (κ3) is 4.34. The first-order valence-electron chi connectivity index (χ1n) is 11.9. The van der Waals surface area contributed by atoms with Crippen molar-refractivity contribution in [2.24, 2.45) is 0 Å². The summed E-state index contributed by atoms with van der Waals surface area (Å²) in [6.45, 7) is 0. The molecule has 0 bridgehead atoms. The van der Waals surface area contributed by atoms with Crippen LogP contribution in [-0.4, -0.2) is 45.0 Å². The van der Waals surface area contributed by atoms with Crippen LogP contribution < -0.4 is 5.32 Å². The second-order valence-corrected chi connectivity index (χ2v) is 11.5. The number of amides is 2. The Morgan fingerprint density at radius 1 is 1.11 bits per heavy atom. The van der Waals surface area contributed by atoms with Crippen molar-refractivity contribution in [1.82, 2.24) is 10.2 Å². The smallest absolute Gasteiger partial charge is 0.353 e. The SMILES string of the molecule is O=C(Cc1ccccc1)N[C@@H]1C(=O)N2C(C(=O)O)=C(Sc3ccc4c(c3)oc3c(CCl)cccc34)CS[C@H]12. The fraction of sp³-hybridized carbons (Fsp3) is 0.179. The highest BCUT2D eigenvalue weighted by molar-refractivity contribution is 8.06. The third-order valence-corrected chi connectivity index (χ3v) is 9.42. The first-order valence-corrected chi connectivity index (χ1v) is 14.3. The van der Waals surface area contributed by atoms with Crippen LogP contribution in [0.1, 0.15) is 11.1 Å². The highest BCUT2D eigenvalue weighted by Crippen LogP contribution is 2.46. The van der Waals surface area contributed by atoms with Gasteiger partial charge in [0.25, 0.3) is 5.91 Å². The van der Waals surface area contributed by atoms with E-state index in [-0.39, 0.29) is 18.0 Å². The molecule has 1 saturated heterocycles. The van der Waals surface area contributed by atoms with Gasteiger partial charge < -0.3 is 14.8 Å². The number of rotatable bonds is 7. The molecule has 2 aliphatic heterocycles. The second-order valence-electron chi connectivity index (χ2n) is 8.98. The van der Waals surface area contributed by atoms with Crippen molar-refractivity contribution in [2.45, 2.75) is 28.6 Å². The number of hydrogen-bond donors (Lipinski definition) is 2. The number of carbonyl (C=O) groups excluding carboxylic acids is 2. The van der Waals surface area contributed by atoms with Gasteiger partial charge in [-0.15, -0.1) is 23.4 Å². The number of halogens is 1. The number of furan rings is 1. The van der Waals surface area contributed by atoms with Gasteiger partial charge in [-0.2, -0.15) is 0 Å². The molecule has 0 spiro atoms. The summed E-state index contributed by atoms with van der Waals surface area (Å²) in [6.07, 6.45) is 0.154. The Morgan fingerprint density at radius 3 is 2.68 bits per heavy atom. The quantitative estimate of drug-likeness (QED) is 0.230. The van der Waals surface area contributed by atoms with Crippen molar-refractivity contribution in [1.29, 1.82) is 0 Å². The molecule has 0 aliphatic carbocycles. The summed E-state index contributed by atoms with van der Waals surface area (Å²) in [7, 11) is 0. The van der Waals surface area contributed by atoms with E-state index in [1.807, 2.05) is 66.7 Å². The van der Waals surface area contributed by atoms with Crippen LogP contribution in [-0.2, 0) is 26.7 Å². The van der Waals surface area contributed by atoms with Crippen LogP contribution in [0.3, 0.4) is 0 Å². The highest BCUT2D eigenvalue weighted by atomic mass is 35.5. The van der Waals surface area contributed by atoms with Crippen molar-refractivity contribution in [3.63, 3.8) is 0 Å². The molecule has 192 valence electrons. The summed E-state index contributed by atoms with van der Waals surface area (Å²) < 4.78 is 6.10. The molecule has 0 unspecified atom stereocenters. The lowest BCUT2D eigenvalue weighted by atomic mass is 10.0. The monoisotopic (exact) mass is 564 g/mol. The van der Waals surface area contributed by atoms with E-state index in [9.17, 15) is 19.5 Å². The Balaban J connectivity index is 1.23. The van der Waals surface area contributed by atoms with Crippen LogP contribution in [0.2, 0.25) is 0 Å². The third-order valence-electron chi connectivity index (χ3n) is 6.60. The zero-order chi connectivity index (χ0) is 26.4. The van der Waals surface area contributed by atoms with E-state index in [1.165, 1.54) is 28.4 Å². The number of β-lactam (4-membered cyclic amide) rings is 1. The summed E-state index contributed by atoms with van der Waals surface area (Å²) in [5, 5.41) is 14.3. The molecule has 2 amide bonds. The molecular weight excluding hydrogens is 544 g/mol. The number of nitrogens with zero attached hydrogens (tertiary/aromatic N) is 1. The van der Waals surface area contributed by atoms with Gasteiger partial charge in [0.05, 0.1) is 12.3 Å². The van der Waals surface area contributed by atoms with Crippen molar-refractivity contribution in [3.05, 3.63) is 88.5 Å². The number of carbonyl (C=O) groups is 3. The van der Waals surface area contributed by atoms with Crippen LogP contribution >= 0.6 is 35.1 Å². The second kappa shape index (κ2) is 10.1. The van der Waals surface area contributed by atoms with Gasteiger partial charge >= 0.3 is 5.97 Å². The van der Waals surface area contributed by atoms with Gasteiger partial charge in [-0.3, -0.25) is 14.5 Å². The summed E-state index contributed by atoms with van der Waals surface area (Å²) in [6, 6.07) is 20.1. The average Bonchev–Trinajstić information content (AvgIpc) is 3.30. The molecule has 0 radical (unpaired) electrons. The number of para-hydroxylation sites is 1. The Labute approximate surface area is 231 Å². The molecule has 38 heavy (non-hydrogen) atoms. The van der Waals surface area contributed by atoms with Crippen LogP contribution in [0, 0.1) is 0 Å². The van der Waals surface area contributed by atoms with Crippen LogP contribution in [0.4, 0.5) is 0 Å². The number of alkyl halides is 1. The number of benzene rings is 3. The van der Waals surface area contributed by atoms with Gasteiger partial charge in [0.2, 0.25) is 5.91 Å². The van der Waals surface area contributed by atoms with Gasteiger partial charge in [0.15, 0.2) is 0 Å². The topological polar surface area (TPSA) is 99.9 Å². The van der Waals surface area contributed by atoms with Crippen molar-refractivity contribution in [3.8, 4) is 0 Å². The predicted molar refractivity (Wildman–Crippen MR) is 149 cm³/mol. The maximum absolute atomic E-state index is 13.0. The van der Waals surface area contributed by atoms with Gasteiger partial charge in [-0.25, -0.2) is 4.79 Å². The Morgan fingerprint density at radius 2 is 1.92 bits per heavy atom. The molecule has 4 aromatic rings. The van der Waals surface area contributed by atoms with Gasteiger partial charge in [0, 0.05) is 31.9 Å². The van der Waals surface area contributed by atoms with Crippen LogP contribution in [0.5, 0.6) is 0 Å². The predicted octanol–water partition coefficient (Wildman–Crippen LogP) is 5.36. The summed E-state index contributed by atoms with van der Waals surface area (Å²) in [4.78, 5) is 40.5. The number of fused-ring (bicyclic) bond motifs is 4. The number of thioether (sulfide) groups is 2. The summed E-state index contributed by atoms with van der Waals surface area (Å²) in [5.74, 6) is -1.12. The highest BCUT2D eigenvalue weighted by Gasteiger charge is 2.54. The molecule has 1 aromatic heterocycles. The minimum atomic E-state index is -1.17. The van der Waals surface area contributed by atoms with E-state index in [1.54, 1.807) is 0 Å². The fourth-order valence-electron chi connectivity index (χ4n) is 4.82. The van der Waals surface area contributed by atoms with E-state index in [2.05, 4.69) is 5.32 Å². The van der Waals surface area contributed by atoms with Gasteiger partial charge in [-0.1, -0.05) is 60.3 Å². The van der Waals surface area contributed by atoms with Crippen molar-refractivity contribution < 1.29 is 23.9 Å². The van der Waals surface area contributed by atoms with E-state index >= 15 is 0 Å². The Hall–Kier alpha value is -3.40. The molecule has 3 heterocycles. The maximum atomic E-state index is 13.0. The lowest BCUT2D eigenvalue weighted by Crippen LogP contribution is -2.70. The Bertz CT molecular complexity index is 1630. The van der Waals surface area contributed by atoms with E-state index in [0.717, 1.165) is 32.4 Å². The van der Waals surface area contributed by atoms with E-state index < -0.39 is 23.3 Å². The number of carboxylic acid groups (broad SMARTS) is 1. The van der Waals surface area contributed by atoms with E-state index in [0.29, 0.717) is 22.1 Å². The number of aliphatic carboxylic acids is 1. The molecule has 0 saturated carbocycles. The normalized spacial score (nSPS) is 19.0. The van der Waals surface area contributed by atoms with Gasteiger partial charge in [0.1, 0.15) is 28.3 Å². The average molecular weight is 565 g/mol. The molecule has 7 nitrogen and oxygen atoms in total. The fourth-order valence-corrected chi connectivity index (χ4v) is 7.54. The largest absolute Gasteiger partial charge is 0.477 e. The molecular formula is C28H21ClN2O5S2. The summed E-state index contributed by atoms with van der Waals surface area (Å²) in [5.41, 5.74) is 3.14. The molecule has 10 heteroatoms. The minimum Gasteiger partial charge on any atom is -0.477 e. The Kier molecular flexibility index (Phi) is 6.59. The lowest BCUT2D eigenvalue weighted by molar-refractivity contribution is -0.150. The lowest BCUT2D eigenvalue weighted by Gasteiger charge is -2.49. The molecule has 2 atom stereocenters. The number of hydrogen-bond acceptors (Lipinski definition) is 6. The molecule has 2 N–H and O–H groups in total. The van der Waals surface area contributed by atoms with Crippen LogP contribution in [0.15, 0.2) is 86.6 Å². The van der Waals surface area contributed by atoms with Crippen molar-refractivity contribution >= 4 is 74.8 Å². The number of nitrogens with one attached hydrogen (secondary N) is 1. The molecule has 2 aliphatic rings. The minimum absolute atomic E-state index is 0.0357. The van der Waals surface area contributed by atoms with Crippen molar-refractivity contribution in [2.75, 3.05) is 5.75 Å². The van der Waals surface area contributed by atoms with Gasteiger partial charge in [-0.05, 0) is 23.8 Å². The molecule has 1 fully saturated rings. The van der Waals surface area contributed by atoms with E-state index in [4.69, 9.17) is 16.0 Å². The zero-order valence-corrected chi connectivity index (χ0v) is 22.2. The maximum Gasteiger partial charge on any atom is 0.353 e. The standard InChI is InChI=1S/C28H21ClN2O5S2/c29-13-16-7-4-8-19-18-10-9-17(12-20(18)36-25(16)19)38-21-14-37-27-23(26(33)31(27)24(21)28(34)35)30-22(32)11-15-5-2-1-3-6-15/h1-10,12,23,27H,11,13-14H2,(H,30,32)(H,34,35)/t23-,27-/m1/s1. The van der Waals surface area contributed by atoms with Crippen LogP contribution in [0.25, 0.3) is 21.9 Å². The summed E-state index contributed by atoms with van der Waals surface area (Å²) >= 11 is 8.82. The first kappa shape index (κ1) is 24.9. The zero-order valence-electron chi connectivity index (χ0n) is 19.8. The molecule has 3 aromatic carbocycles.